The highest BCUT2D eigenvalue weighted by molar-refractivity contribution is 5.94. The summed E-state index contributed by atoms with van der Waals surface area (Å²) in [4.78, 5) is 32.1. The van der Waals surface area contributed by atoms with Gasteiger partial charge in [-0.2, -0.15) is 0 Å². The van der Waals surface area contributed by atoms with Crippen molar-refractivity contribution in [2.45, 2.75) is 19.3 Å². The number of hydrogen-bond donors (Lipinski definition) is 1. The maximum Gasteiger partial charge on any atom is 0.255 e. The molecule has 0 bridgehead atoms. The Morgan fingerprint density at radius 1 is 1.00 bits per heavy atom. The first-order chi connectivity index (χ1) is 16.1. The molecule has 0 saturated carbocycles. The molecular formula is C28H29N3O2. The summed E-state index contributed by atoms with van der Waals surface area (Å²) in [5.74, 6) is -0.00438. The molecule has 0 radical (unpaired) electrons. The Hall–Kier alpha value is -3.73. The number of nitrogens with zero attached hydrogens (tertiary/aromatic N) is 2. The molecule has 1 aliphatic heterocycles. The van der Waals surface area contributed by atoms with E-state index in [1.54, 1.807) is 30.6 Å². The highest BCUT2D eigenvalue weighted by atomic mass is 16.2. The molecule has 2 heterocycles. The van der Waals surface area contributed by atoms with Crippen LogP contribution in [0.4, 0.5) is 0 Å². The van der Waals surface area contributed by atoms with Crippen molar-refractivity contribution in [1.82, 2.24) is 15.2 Å². The van der Waals surface area contributed by atoms with Gasteiger partial charge in [0.15, 0.2) is 0 Å². The smallest absolute Gasteiger partial charge is 0.255 e. The zero-order chi connectivity index (χ0) is 23.1. The Morgan fingerprint density at radius 3 is 2.45 bits per heavy atom. The fourth-order valence-corrected chi connectivity index (χ4v) is 4.53. The Labute approximate surface area is 195 Å². The van der Waals surface area contributed by atoms with Crippen molar-refractivity contribution >= 4 is 11.8 Å². The van der Waals surface area contributed by atoms with Crippen molar-refractivity contribution in [3.05, 3.63) is 103 Å². The van der Waals surface area contributed by atoms with E-state index in [9.17, 15) is 9.59 Å². The van der Waals surface area contributed by atoms with Crippen molar-refractivity contribution in [2.24, 2.45) is 5.41 Å². The minimum atomic E-state index is -0.565. The fraction of sp³-hybridized carbons (Fsp3) is 0.250. The third kappa shape index (κ3) is 5.20. The monoisotopic (exact) mass is 439 g/mol. The van der Waals surface area contributed by atoms with E-state index in [4.69, 9.17) is 0 Å². The second-order valence-electron chi connectivity index (χ2n) is 8.56. The number of carbonyl (C=O) groups excluding carboxylic acids is 2. The summed E-state index contributed by atoms with van der Waals surface area (Å²) in [6.07, 6.45) is 6.80. The quantitative estimate of drug-likeness (QED) is 0.551. The van der Waals surface area contributed by atoms with Crippen LogP contribution in [0, 0.1) is 5.41 Å². The van der Waals surface area contributed by atoms with Gasteiger partial charge >= 0.3 is 0 Å². The number of nitrogens with one attached hydrogen (secondary N) is 1. The molecule has 2 aromatic carbocycles. The van der Waals surface area contributed by atoms with Crippen molar-refractivity contribution in [3.8, 4) is 11.1 Å². The molecule has 1 N–H and O–H groups in total. The molecule has 1 saturated heterocycles. The molecular weight excluding hydrogens is 410 g/mol. The largest absolute Gasteiger partial charge is 0.352 e. The third-order valence-electron chi connectivity index (χ3n) is 6.38. The number of pyridine rings is 1. The molecule has 0 aliphatic carbocycles. The molecule has 5 heteroatoms. The number of benzene rings is 2. The fourth-order valence-electron chi connectivity index (χ4n) is 4.53. The molecule has 33 heavy (non-hydrogen) atoms. The Balaban J connectivity index is 1.54. The summed E-state index contributed by atoms with van der Waals surface area (Å²) < 4.78 is 0. The lowest BCUT2D eigenvalue weighted by Crippen LogP contribution is -2.51. The summed E-state index contributed by atoms with van der Waals surface area (Å²) >= 11 is 0. The van der Waals surface area contributed by atoms with Crippen molar-refractivity contribution in [2.75, 3.05) is 19.6 Å². The number of piperidine rings is 1. The lowest BCUT2D eigenvalue weighted by atomic mass is 9.72. The summed E-state index contributed by atoms with van der Waals surface area (Å²) in [7, 11) is 0. The molecule has 1 fully saturated rings. The standard InChI is InChI=1S/C28H29N3O2/c1-2-15-30-27(33)28(13-17-31(18-14-28)26(32)25-12-7-16-29-21-25)20-22-8-6-11-24(19-22)23-9-4-3-5-10-23/h2-12,16,19,21H,1,13-15,17-18,20H2,(H,30,33). The number of hydrogen-bond acceptors (Lipinski definition) is 3. The van der Waals surface area contributed by atoms with Crippen LogP contribution >= 0.6 is 0 Å². The van der Waals surface area contributed by atoms with Gasteiger partial charge in [0.25, 0.3) is 5.91 Å². The minimum absolute atomic E-state index is 0.0287. The van der Waals surface area contributed by atoms with Crippen LogP contribution in [0.25, 0.3) is 11.1 Å². The van der Waals surface area contributed by atoms with Crippen LogP contribution in [-0.4, -0.2) is 41.3 Å². The van der Waals surface area contributed by atoms with Gasteiger partial charge in [-0.3, -0.25) is 14.6 Å². The van der Waals surface area contributed by atoms with E-state index in [0.29, 0.717) is 44.5 Å². The van der Waals surface area contributed by atoms with Gasteiger partial charge in [0.05, 0.1) is 11.0 Å². The van der Waals surface area contributed by atoms with Crippen molar-refractivity contribution < 1.29 is 9.59 Å². The van der Waals surface area contributed by atoms with Gasteiger partial charge in [-0.05, 0) is 48.1 Å². The lowest BCUT2D eigenvalue weighted by molar-refractivity contribution is -0.133. The van der Waals surface area contributed by atoms with Crippen molar-refractivity contribution in [1.29, 1.82) is 0 Å². The van der Waals surface area contributed by atoms with E-state index in [-0.39, 0.29) is 11.8 Å². The molecule has 0 atom stereocenters. The molecule has 5 nitrogen and oxygen atoms in total. The second-order valence-corrected chi connectivity index (χ2v) is 8.56. The molecule has 1 aromatic heterocycles. The van der Waals surface area contributed by atoms with E-state index in [1.165, 1.54) is 0 Å². The average Bonchev–Trinajstić information content (AvgIpc) is 2.88. The molecule has 0 spiro atoms. The summed E-state index contributed by atoms with van der Waals surface area (Å²) in [5.41, 5.74) is 3.43. The maximum absolute atomic E-state index is 13.3. The summed E-state index contributed by atoms with van der Waals surface area (Å²) in [6, 6.07) is 22.2. The van der Waals surface area contributed by atoms with Crippen LogP contribution in [0.15, 0.2) is 91.8 Å². The van der Waals surface area contributed by atoms with Gasteiger partial charge in [0.1, 0.15) is 0 Å². The molecule has 4 rings (SSSR count). The van der Waals surface area contributed by atoms with Gasteiger partial charge in [0.2, 0.25) is 5.91 Å². The number of carbonyl (C=O) groups is 2. The zero-order valence-electron chi connectivity index (χ0n) is 18.7. The second kappa shape index (κ2) is 10.3. The number of rotatable bonds is 7. The predicted octanol–water partition coefficient (Wildman–Crippen LogP) is 4.52. The van der Waals surface area contributed by atoms with Crippen LogP contribution in [0.5, 0.6) is 0 Å². The van der Waals surface area contributed by atoms with Crippen LogP contribution < -0.4 is 5.32 Å². The molecule has 168 valence electrons. The maximum atomic E-state index is 13.3. The van der Waals surface area contributed by atoms with E-state index in [0.717, 1.165) is 16.7 Å². The van der Waals surface area contributed by atoms with Crippen LogP contribution in [0.1, 0.15) is 28.8 Å². The van der Waals surface area contributed by atoms with E-state index >= 15 is 0 Å². The minimum Gasteiger partial charge on any atom is -0.352 e. The predicted molar refractivity (Wildman–Crippen MR) is 131 cm³/mol. The van der Waals surface area contributed by atoms with Gasteiger partial charge in [-0.15, -0.1) is 6.58 Å². The molecule has 3 aromatic rings. The SMILES string of the molecule is C=CCNC(=O)C1(Cc2cccc(-c3ccccc3)c2)CCN(C(=O)c2cccnc2)CC1. The van der Waals surface area contributed by atoms with E-state index in [2.05, 4.69) is 47.2 Å². The highest BCUT2D eigenvalue weighted by Gasteiger charge is 2.42. The third-order valence-corrected chi connectivity index (χ3v) is 6.38. The van der Waals surface area contributed by atoms with E-state index < -0.39 is 5.41 Å². The number of likely N-dealkylation sites (tertiary alicyclic amines) is 1. The Kier molecular flexibility index (Phi) is 6.98. The first kappa shape index (κ1) is 22.5. The van der Waals surface area contributed by atoms with Gasteiger partial charge < -0.3 is 10.2 Å². The van der Waals surface area contributed by atoms with E-state index in [1.807, 2.05) is 29.2 Å². The molecule has 0 unspecified atom stereocenters. The van der Waals surface area contributed by atoms with Gasteiger partial charge in [-0.1, -0.05) is 60.7 Å². The molecule has 2 amide bonds. The van der Waals surface area contributed by atoms with Crippen LogP contribution in [-0.2, 0) is 11.2 Å². The Bertz CT molecular complexity index is 1100. The number of aromatic nitrogens is 1. The van der Waals surface area contributed by atoms with Crippen LogP contribution in [0.2, 0.25) is 0 Å². The highest BCUT2D eigenvalue weighted by Crippen LogP contribution is 2.37. The lowest BCUT2D eigenvalue weighted by Gasteiger charge is -2.41. The normalized spacial score (nSPS) is 15.0. The Morgan fingerprint density at radius 2 is 1.76 bits per heavy atom. The summed E-state index contributed by atoms with van der Waals surface area (Å²) in [5, 5.41) is 3.01. The number of amides is 2. The first-order valence-corrected chi connectivity index (χ1v) is 11.3. The van der Waals surface area contributed by atoms with Crippen LogP contribution in [0.3, 0.4) is 0 Å². The topological polar surface area (TPSA) is 62.3 Å². The summed E-state index contributed by atoms with van der Waals surface area (Å²) in [6.45, 7) is 5.23. The molecule has 1 aliphatic rings. The first-order valence-electron chi connectivity index (χ1n) is 11.3. The average molecular weight is 440 g/mol. The van der Waals surface area contributed by atoms with Crippen molar-refractivity contribution in [3.63, 3.8) is 0 Å². The zero-order valence-corrected chi connectivity index (χ0v) is 18.7. The van der Waals surface area contributed by atoms with Gasteiger partial charge in [-0.25, -0.2) is 0 Å². The van der Waals surface area contributed by atoms with Gasteiger partial charge in [0, 0.05) is 32.0 Å².